The maximum atomic E-state index is 13.6. The van der Waals surface area contributed by atoms with Gasteiger partial charge < -0.3 is 24.1 Å². The van der Waals surface area contributed by atoms with Crippen LogP contribution in [0.25, 0.3) is 0 Å². The summed E-state index contributed by atoms with van der Waals surface area (Å²) in [5.74, 6) is -6.40. The van der Waals surface area contributed by atoms with Crippen molar-refractivity contribution in [3.8, 4) is 0 Å². The minimum absolute atomic E-state index is 0.318. The molecule has 2 saturated carbocycles. The molecule has 0 amide bonds. The van der Waals surface area contributed by atoms with E-state index in [2.05, 4.69) is 0 Å². The largest absolute Gasteiger partial charge is 0.428 e. The monoisotopic (exact) mass is 540 g/mol. The topological polar surface area (TPSA) is 125 Å². The van der Waals surface area contributed by atoms with Crippen molar-refractivity contribution >= 4 is 35.6 Å². The molecule has 1 unspecified atom stereocenters. The maximum Gasteiger partial charge on any atom is 0.312 e. The van der Waals surface area contributed by atoms with Gasteiger partial charge in [-0.15, -0.1) is 11.8 Å². The summed E-state index contributed by atoms with van der Waals surface area (Å²) in [6.45, 7) is 7.10. The van der Waals surface area contributed by atoms with Crippen molar-refractivity contribution in [1.82, 2.24) is 0 Å². The summed E-state index contributed by atoms with van der Waals surface area (Å²) in [5.41, 5.74) is 0.476. The number of ether oxygens (including phenoxy) is 4. The number of rotatable bonds is 11. The minimum Gasteiger partial charge on any atom is -0.428 e. The molecule has 204 valence electrons. The molecule has 0 aliphatic heterocycles. The summed E-state index contributed by atoms with van der Waals surface area (Å²) in [6.07, 6.45) is -0.995. The van der Waals surface area contributed by atoms with E-state index in [1.165, 1.54) is 17.8 Å². The van der Waals surface area contributed by atoms with Gasteiger partial charge in [-0.3, -0.25) is 19.2 Å². The lowest BCUT2D eigenvalue weighted by atomic mass is 9.88. The van der Waals surface area contributed by atoms with E-state index in [-0.39, 0.29) is 11.7 Å². The lowest BCUT2D eigenvalue weighted by Gasteiger charge is -2.26. The quantitative estimate of drug-likeness (QED) is 0.254. The molecule has 0 heterocycles. The summed E-state index contributed by atoms with van der Waals surface area (Å²) in [5, 5.41) is 11.0. The Bertz CT molecular complexity index is 1030. The van der Waals surface area contributed by atoms with Gasteiger partial charge in [-0.25, -0.2) is 4.39 Å². The Morgan fingerprint density at radius 2 is 1.43 bits per heavy atom. The van der Waals surface area contributed by atoms with Crippen molar-refractivity contribution in [3.63, 3.8) is 0 Å². The van der Waals surface area contributed by atoms with E-state index >= 15 is 0 Å². The molecule has 2 aliphatic carbocycles. The number of aliphatic hydroxyl groups is 1. The van der Waals surface area contributed by atoms with E-state index < -0.39 is 79.1 Å². The molecule has 3 rings (SSSR count). The highest BCUT2D eigenvalue weighted by molar-refractivity contribution is 7.99. The Morgan fingerprint density at radius 1 is 0.892 bits per heavy atom. The predicted molar refractivity (Wildman–Crippen MR) is 129 cm³/mol. The maximum absolute atomic E-state index is 13.6. The zero-order valence-corrected chi connectivity index (χ0v) is 22.3. The molecule has 11 heteroatoms. The Balaban J connectivity index is 1.67. The van der Waals surface area contributed by atoms with Crippen molar-refractivity contribution in [1.29, 1.82) is 0 Å². The Morgan fingerprint density at radius 3 is 1.95 bits per heavy atom. The molecular formula is C26H33FO9S. The Labute approximate surface area is 219 Å². The smallest absolute Gasteiger partial charge is 0.312 e. The van der Waals surface area contributed by atoms with Gasteiger partial charge in [0.1, 0.15) is 5.82 Å². The van der Waals surface area contributed by atoms with Crippen molar-refractivity contribution < 1.29 is 47.6 Å². The number of aliphatic hydroxyl groups excluding tert-OH is 1. The van der Waals surface area contributed by atoms with Gasteiger partial charge in [-0.05, 0) is 36.6 Å². The summed E-state index contributed by atoms with van der Waals surface area (Å²) < 4.78 is 33.7. The van der Waals surface area contributed by atoms with Gasteiger partial charge >= 0.3 is 23.9 Å². The van der Waals surface area contributed by atoms with Gasteiger partial charge in [0, 0.05) is 22.5 Å². The lowest BCUT2D eigenvalue weighted by molar-refractivity contribution is -0.174. The Kier molecular flexibility index (Phi) is 9.57. The number of halogens is 1. The third-order valence-electron chi connectivity index (χ3n) is 6.71. The molecular weight excluding hydrogens is 507 g/mol. The minimum atomic E-state index is -0.995. The molecule has 0 aromatic heterocycles. The van der Waals surface area contributed by atoms with Crippen molar-refractivity contribution in [3.05, 3.63) is 29.6 Å². The van der Waals surface area contributed by atoms with Crippen LogP contribution < -0.4 is 0 Å². The molecule has 1 aromatic carbocycles. The van der Waals surface area contributed by atoms with E-state index in [9.17, 15) is 28.7 Å². The molecule has 6 atom stereocenters. The van der Waals surface area contributed by atoms with Crippen LogP contribution in [-0.2, 0) is 38.1 Å². The number of thioether (sulfide) groups is 1. The first-order valence-corrected chi connectivity index (χ1v) is 13.2. The van der Waals surface area contributed by atoms with Gasteiger partial charge in [0.05, 0.1) is 29.8 Å². The number of aryl methyl sites for hydroxylation is 1. The fourth-order valence-electron chi connectivity index (χ4n) is 4.61. The van der Waals surface area contributed by atoms with Crippen molar-refractivity contribution in [2.45, 2.75) is 45.6 Å². The van der Waals surface area contributed by atoms with Crippen LogP contribution in [0.4, 0.5) is 4.39 Å². The first-order chi connectivity index (χ1) is 17.4. The molecule has 0 bridgehead atoms. The van der Waals surface area contributed by atoms with Crippen LogP contribution in [0.3, 0.4) is 0 Å². The van der Waals surface area contributed by atoms with Crippen molar-refractivity contribution in [2.24, 2.45) is 41.4 Å². The highest BCUT2D eigenvalue weighted by atomic mass is 32.2. The number of hydrogen-bond donors (Lipinski definition) is 1. The second-order valence-corrected chi connectivity index (χ2v) is 11.1. The summed E-state index contributed by atoms with van der Waals surface area (Å²) in [7, 11) is 0. The molecule has 2 fully saturated rings. The summed E-state index contributed by atoms with van der Waals surface area (Å²) >= 11 is 1.36. The third-order valence-corrected chi connectivity index (χ3v) is 7.84. The first kappa shape index (κ1) is 28.9. The van der Waals surface area contributed by atoms with E-state index in [1.54, 1.807) is 46.8 Å². The fourth-order valence-corrected chi connectivity index (χ4v) is 5.82. The average Bonchev–Trinajstić information content (AvgIpc) is 3.50. The predicted octanol–water partition coefficient (Wildman–Crippen LogP) is 3.10. The molecule has 0 radical (unpaired) electrons. The van der Waals surface area contributed by atoms with Crippen LogP contribution in [0.15, 0.2) is 23.1 Å². The van der Waals surface area contributed by atoms with E-state index in [0.29, 0.717) is 11.3 Å². The average molecular weight is 541 g/mol. The number of hydrogen-bond acceptors (Lipinski definition) is 10. The van der Waals surface area contributed by atoms with Gasteiger partial charge in [0.2, 0.25) is 13.6 Å². The normalized spacial score (nSPS) is 26.0. The van der Waals surface area contributed by atoms with E-state index in [1.807, 2.05) is 0 Å². The number of benzene rings is 1. The van der Waals surface area contributed by atoms with Crippen LogP contribution in [0.5, 0.6) is 0 Å². The summed E-state index contributed by atoms with van der Waals surface area (Å²) in [6, 6.07) is 4.65. The molecule has 0 spiro atoms. The molecule has 0 saturated heterocycles. The van der Waals surface area contributed by atoms with Gasteiger partial charge in [0.15, 0.2) is 0 Å². The highest BCUT2D eigenvalue weighted by Crippen LogP contribution is 2.64. The van der Waals surface area contributed by atoms with E-state index in [4.69, 9.17) is 18.9 Å². The highest BCUT2D eigenvalue weighted by Gasteiger charge is 2.72. The van der Waals surface area contributed by atoms with Crippen LogP contribution in [0.2, 0.25) is 0 Å². The second kappa shape index (κ2) is 12.3. The number of carbonyl (C=O) groups excluding carboxylic acids is 4. The third kappa shape index (κ3) is 6.81. The fraction of sp³-hybridized carbons (Fsp3) is 0.615. The molecule has 1 N–H and O–H groups in total. The molecule has 37 heavy (non-hydrogen) atoms. The van der Waals surface area contributed by atoms with Crippen LogP contribution in [0, 0.1) is 54.2 Å². The number of esters is 4. The van der Waals surface area contributed by atoms with E-state index in [0.717, 1.165) is 4.90 Å². The zero-order valence-electron chi connectivity index (χ0n) is 21.5. The SMILES string of the molecule is Cc1cc(SCC2[C@@H](O)[C@H]3[C@H](C(=O)OCOC(=O)C(C)C)[C@H]3[C@@H]2C(=O)OCOC(=O)C(C)C)ccc1F. The van der Waals surface area contributed by atoms with Gasteiger partial charge in [0.25, 0.3) is 0 Å². The van der Waals surface area contributed by atoms with Crippen LogP contribution in [0.1, 0.15) is 33.3 Å². The molecule has 9 nitrogen and oxygen atoms in total. The summed E-state index contributed by atoms with van der Waals surface area (Å²) in [4.78, 5) is 49.7. The first-order valence-electron chi connectivity index (χ1n) is 12.2. The van der Waals surface area contributed by atoms with Crippen LogP contribution in [-0.4, -0.2) is 54.4 Å². The molecule has 2 aliphatic rings. The van der Waals surface area contributed by atoms with Crippen LogP contribution >= 0.6 is 11.8 Å². The van der Waals surface area contributed by atoms with Gasteiger partial charge in [-0.2, -0.15) is 0 Å². The zero-order chi connectivity index (χ0) is 27.4. The second-order valence-electron chi connectivity index (χ2n) is 9.98. The lowest BCUT2D eigenvalue weighted by Crippen LogP contribution is -2.36. The number of fused-ring (bicyclic) bond motifs is 1. The van der Waals surface area contributed by atoms with Gasteiger partial charge in [-0.1, -0.05) is 27.7 Å². The Hall–Kier alpha value is -2.66. The standard InChI is InChI=1S/C26H33FO9S/c1-12(2)23(29)33-10-35-25(31)18-16(9-37-15-6-7-17(27)14(5)8-15)22(28)20-19(18)21(20)26(32)36-11-34-24(30)13(3)4/h6-8,12-13,16,18-22,28H,9-11H2,1-5H3/t16?,18-,19+,20-,21-,22-/m1/s1. The molecule has 1 aromatic rings. The van der Waals surface area contributed by atoms with Crippen molar-refractivity contribution in [2.75, 3.05) is 19.3 Å². The number of carbonyl (C=O) groups is 4.